The number of carbonyl (C=O) groups is 3. The van der Waals surface area contributed by atoms with E-state index in [1.807, 2.05) is 49.4 Å². The summed E-state index contributed by atoms with van der Waals surface area (Å²) >= 11 is 3.38. The minimum Gasteiger partial charge on any atom is -0.492 e. The molecule has 2 unspecified atom stereocenters. The number of benzene rings is 2. The normalized spacial score (nSPS) is 16.7. The van der Waals surface area contributed by atoms with Crippen molar-refractivity contribution in [2.75, 3.05) is 25.2 Å². The molecule has 31 heavy (non-hydrogen) atoms. The molecule has 8 heteroatoms. The molecule has 1 aliphatic rings. The standard InChI is InChI=1S/C23H25BrN2O5/c1-3-31-20-7-5-4-6-19(20)26-14-16(12-21(26)27)23(29)25-18(13-22(28)30-2)15-8-10-17(24)11-9-15/h4-11,16,18H,3,12-14H2,1-2H3,(H,25,29). The van der Waals surface area contributed by atoms with Crippen molar-refractivity contribution in [3.63, 3.8) is 0 Å². The van der Waals surface area contributed by atoms with Gasteiger partial charge < -0.3 is 19.7 Å². The lowest BCUT2D eigenvalue weighted by atomic mass is 10.0. The van der Waals surface area contributed by atoms with Crippen LogP contribution in [0.15, 0.2) is 53.0 Å². The van der Waals surface area contributed by atoms with Gasteiger partial charge in [0.15, 0.2) is 0 Å². The summed E-state index contributed by atoms with van der Waals surface area (Å²) < 4.78 is 11.3. The molecule has 1 N–H and O–H groups in total. The second kappa shape index (κ2) is 10.4. The van der Waals surface area contributed by atoms with Crippen molar-refractivity contribution in [3.8, 4) is 5.75 Å². The first-order chi connectivity index (χ1) is 14.9. The van der Waals surface area contributed by atoms with Crippen LogP contribution in [-0.2, 0) is 19.1 Å². The van der Waals surface area contributed by atoms with Gasteiger partial charge in [-0.2, -0.15) is 0 Å². The van der Waals surface area contributed by atoms with Crippen LogP contribution in [0, 0.1) is 5.92 Å². The minimum absolute atomic E-state index is 0.00142. The van der Waals surface area contributed by atoms with Crippen LogP contribution in [0.4, 0.5) is 5.69 Å². The Labute approximate surface area is 189 Å². The van der Waals surface area contributed by atoms with E-state index < -0.39 is 17.9 Å². The van der Waals surface area contributed by atoms with Crippen molar-refractivity contribution in [1.82, 2.24) is 5.32 Å². The SMILES string of the molecule is CCOc1ccccc1N1CC(C(=O)NC(CC(=O)OC)c2ccc(Br)cc2)CC1=O. The molecule has 164 valence electrons. The highest BCUT2D eigenvalue weighted by atomic mass is 79.9. The summed E-state index contributed by atoms with van der Waals surface area (Å²) in [5.74, 6) is -0.763. The molecule has 1 saturated heterocycles. The predicted molar refractivity (Wildman–Crippen MR) is 120 cm³/mol. The van der Waals surface area contributed by atoms with Crippen molar-refractivity contribution >= 4 is 39.4 Å². The lowest BCUT2D eigenvalue weighted by Gasteiger charge is -2.22. The van der Waals surface area contributed by atoms with Gasteiger partial charge in [0.25, 0.3) is 0 Å². The number of hydrogen-bond donors (Lipinski definition) is 1. The fraction of sp³-hybridized carbons (Fsp3) is 0.348. The molecule has 0 radical (unpaired) electrons. The van der Waals surface area contributed by atoms with Crippen LogP contribution in [0.2, 0.25) is 0 Å². The van der Waals surface area contributed by atoms with Crippen LogP contribution < -0.4 is 15.0 Å². The van der Waals surface area contributed by atoms with E-state index >= 15 is 0 Å². The number of anilines is 1. The lowest BCUT2D eigenvalue weighted by molar-refractivity contribution is -0.141. The summed E-state index contributed by atoms with van der Waals surface area (Å²) in [6.45, 7) is 2.60. The Hall–Kier alpha value is -2.87. The zero-order valence-electron chi connectivity index (χ0n) is 17.5. The molecule has 7 nitrogen and oxygen atoms in total. The fourth-order valence-corrected chi connectivity index (χ4v) is 3.82. The van der Waals surface area contributed by atoms with Gasteiger partial charge in [-0.3, -0.25) is 14.4 Å². The smallest absolute Gasteiger partial charge is 0.307 e. The number of nitrogens with one attached hydrogen (secondary N) is 1. The summed E-state index contributed by atoms with van der Waals surface area (Å²) in [6, 6.07) is 14.1. The summed E-state index contributed by atoms with van der Waals surface area (Å²) in [5, 5.41) is 2.93. The van der Waals surface area contributed by atoms with Gasteiger partial charge in [-0.05, 0) is 36.8 Å². The molecule has 0 spiro atoms. The molecule has 2 aromatic carbocycles. The molecule has 1 fully saturated rings. The second-order valence-electron chi connectivity index (χ2n) is 7.20. The van der Waals surface area contributed by atoms with Crippen molar-refractivity contribution < 1.29 is 23.9 Å². The van der Waals surface area contributed by atoms with Crippen molar-refractivity contribution in [3.05, 3.63) is 58.6 Å². The summed E-state index contributed by atoms with van der Waals surface area (Å²) in [5.41, 5.74) is 1.44. The number of amides is 2. The lowest BCUT2D eigenvalue weighted by Crippen LogP contribution is -2.36. The first-order valence-corrected chi connectivity index (χ1v) is 10.9. The van der Waals surface area contributed by atoms with Crippen molar-refractivity contribution in [2.24, 2.45) is 5.92 Å². The molecule has 2 atom stereocenters. The molecular formula is C23H25BrN2O5. The van der Waals surface area contributed by atoms with E-state index in [0.717, 1.165) is 10.0 Å². The molecule has 0 aromatic heterocycles. The quantitative estimate of drug-likeness (QED) is 0.573. The van der Waals surface area contributed by atoms with Crippen LogP contribution >= 0.6 is 15.9 Å². The molecule has 1 heterocycles. The Balaban J connectivity index is 1.75. The number of ether oxygens (including phenoxy) is 2. The van der Waals surface area contributed by atoms with E-state index in [0.29, 0.717) is 18.0 Å². The van der Waals surface area contributed by atoms with Crippen LogP contribution in [0.25, 0.3) is 0 Å². The predicted octanol–water partition coefficient (Wildman–Crippen LogP) is 3.62. The molecule has 1 aliphatic heterocycles. The van der Waals surface area contributed by atoms with E-state index in [4.69, 9.17) is 9.47 Å². The van der Waals surface area contributed by atoms with Gasteiger partial charge >= 0.3 is 5.97 Å². The van der Waals surface area contributed by atoms with Gasteiger partial charge in [0.05, 0.1) is 37.8 Å². The topological polar surface area (TPSA) is 84.9 Å². The van der Waals surface area contributed by atoms with Crippen molar-refractivity contribution in [2.45, 2.75) is 25.8 Å². The summed E-state index contributed by atoms with van der Waals surface area (Å²) in [7, 11) is 1.31. The fourth-order valence-electron chi connectivity index (χ4n) is 3.56. The van der Waals surface area contributed by atoms with Crippen LogP contribution in [0.5, 0.6) is 5.75 Å². The average Bonchev–Trinajstić information content (AvgIpc) is 3.16. The maximum Gasteiger partial charge on any atom is 0.307 e. The highest BCUT2D eigenvalue weighted by Gasteiger charge is 2.37. The monoisotopic (exact) mass is 488 g/mol. The average molecular weight is 489 g/mol. The number of hydrogen-bond acceptors (Lipinski definition) is 5. The first-order valence-electron chi connectivity index (χ1n) is 10.1. The van der Waals surface area contributed by atoms with Gasteiger partial charge in [0, 0.05) is 17.4 Å². The van der Waals surface area contributed by atoms with E-state index in [-0.39, 0.29) is 31.2 Å². The maximum atomic E-state index is 13.0. The zero-order chi connectivity index (χ0) is 22.4. The minimum atomic E-state index is -0.548. The zero-order valence-corrected chi connectivity index (χ0v) is 19.1. The summed E-state index contributed by atoms with van der Waals surface area (Å²) in [6.07, 6.45) is 0.0962. The Bertz CT molecular complexity index is 947. The van der Waals surface area contributed by atoms with Crippen molar-refractivity contribution in [1.29, 1.82) is 0 Å². The van der Waals surface area contributed by atoms with E-state index in [1.54, 1.807) is 11.0 Å². The number of halogens is 1. The Morgan fingerprint density at radius 2 is 1.90 bits per heavy atom. The number of methoxy groups -OCH3 is 1. The largest absolute Gasteiger partial charge is 0.492 e. The first kappa shape index (κ1) is 22.8. The number of carbonyl (C=O) groups excluding carboxylic acids is 3. The van der Waals surface area contributed by atoms with E-state index in [1.165, 1.54) is 7.11 Å². The van der Waals surface area contributed by atoms with Gasteiger partial charge in [0.2, 0.25) is 11.8 Å². The third-order valence-electron chi connectivity index (χ3n) is 5.14. The van der Waals surface area contributed by atoms with Gasteiger partial charge in [-0.15, -0.1) is 0 Å². The Morgan fingerprint density at radius 1 is 1.19 bits per heavy atom. The molecule has 0 saturated carbocycles. The highest BCUT2D eigenvalue weighted by molar-refractivity contribution is 9.10. The number of esters is 1. The molecule has 2 amide bonds. The maximum absolute atomic E-state index is 13.0. The van der Waals surface area contributed by atoms with Crippen LogP contribution in [0.1, 0.15) is 31.4 Å². The van der Waals surface area contributed by atoms with Gasteiger partial charge in [0.1, 0.15) is 5.75 Å². The number of rotatable bonds is 8. The van der Waals surface area contributed by atoms with Gasteiger partial charge in [-0.1, -0.05) is 40.2 Å². The molecule has 3 rings (SSSR count). The third-order valence-corrected chi connectivity index (χ3v) is 5.67. The third kappa shape index (κ3) is 5.64. The molecule has 0 aliphatic carbocycles. The Morgan fingerprint density at radius 3 is 2.58 bits per heavy atom. The molecule has 2 aromatic rings. The highest BCUT2D eigenvalue weighted by Crippen LogP contribution is 2.33. The summed E-state index contributed by atoms with van der Waals surface area (Å²) in [4.78, 5) is 39.2. The number of nitrogens with zero attached hydrogens (tertiary/aromatic N) is 1. The number of para-hydroxylation sites is 2. The van der Waals surface area contributed by atoms with Crippen LogP contribution in [-0.4, -0.2) is 38.0 Å². The van der Waals surface area contributed by atoms with E-state index in [2.05, 4.69) is 21.2 Å². The molecular weight excluding hydrogens is 464 g/mol. The Kier molecular flexibility index (Phi) is 7.68. The van der Waals surface area contributed by atoms with E-state index in [9.17, 15) is 14.4 Å². The second-order valence-corrected chi connectivity index (χ2v) is 8.11. The van der Waals surface area contributed by atoms with Crippen LogP contribution in [0.3, 0.4) is 0 Å². The molecule has 0 bridgehead atoms. The van der Waals surface area contributed by atoms with Gasteiger partial charge in [-0.25, -0.2) is 0 Å².